The van der Waals surface area contributed by atoms with Gasteiger partial charge in [0, 0.05) is 30.7 Å². The van der Waals surface area contributed by atoms with Crippen molar-refractivity contribution in [2.24, 2.45) is 0 Å². The van der Waals surface area contributed by atoms with E-state index in [1.807, 2.05) is 36.4 Å². The summed E-state index contributed by atoms with van der Waals surface area (Å²) in [6.07, 6.45) is 1.74. The first-order valence-electron chi connectivity index (χ1n) is 10.7. The molecule has 1 aromatic heterocycles. The lowest BCUT2D eigenvalue weighted by atomic mass is 9.87. The van der Waals surface area contributed by atoms with Crippen molar-refractivity contribution in [1.82, 2.24) is 9.78 Å². The summed E-state index contributed by atoms with van der Waals surface area (Å²) in [5, 5.41) is 7.22. The summed E-state index contributed by atoms with van der Waals surface area (Å²) in [7, 11) is 0. The Labute approximate surface area is 184 Å². The van der Waals surface area contributed by atoms with Crippen LogP contribution >= 0.6 is 0 Å². The van der Waals surface area contributed by atoms with Crippen molar-refractivity contribution in [1.29, 1.82) is 0 Å². The minimum absolute atomic E-state index is 0.106. The molecule has 2 aromatic carbocycles. The third-order valence-corrected chi connectivity index (χ3v) is 5.21. The normalized spacial score (nSPS) is 11.3. The van der Waals surface area contributed by atoms with Crippen molar-refractivity contribution in [3.8, 4) is 5.75 Å². The van der Waals surface area contributed by atoms with Crippen LogP contribution in [0.2, 0.25) is 0 Å². The number of rotatable bonds is 8. The molecule has 0 atom stereocenters. The van der Waals surface area contributed by atoms with Gasteiger partial charge in [-0.25, -0.2) is 4.68 Å². The highest BCUT2D eigenvalue weighted by molar-refractivity contribution is 6.02. The molecular weight excluding hydrogens is 388 g/mol. The van der Waals surface area contributed by atoms with Gasteiger partial charge >= 0.3 is 0 Å². The Morgan fingerprint density at radius 3 is 2.23 bits per heavy atom. The predicted octanol–water partition coefficient (Wildman–Crippen LogP) is 5.32. The minimum atomic E-state index is -0.246. The second kappa shape index (κ2) is 9.69. The number of nitrogens with zero attached hydrogens (tertiary/aromatic N) is 3. The fourth-order valence-electron chi connectivity index (χ4n) is 3.29. The van der Waals surface area contributed by atoms with Crippen molar-refractivity contribution in [2.75, 3.05) is 23.3 Å². The van der Waals surface area contributed by atoms with Crippen molar-refractivity contribution >= 4 is 17.3 Å². The third-order valence-electron chi connectivity index (χ3n) is 5.21. The maximum absolute atomic E-state index is 12.5. The van der Waals surface area contributed by atoms with E-state index in [0.717, 1.165) is 30.2 Å². The molecule has 1 N–H and O–H groups in total. The van der Waals surface area contributed by atoms with Crippen molar-refractivity contribution < 1.29 is 9.53 Å². The highest BCUT2D eigenvalue weighted by atomic mass is 16.5. The summed E-state index contributed by atoms with van der Waals surface area (Å²) in [4.78, 5) is 14.8. The monoisotopic (exact) mass is 420 g/mol. The van der Waals surface area contributed by atoms with Gasteiger partial charge in [0.05, 0.1) is 0 Å². The van der Waals surface area contributed by atoms with Crippen LogP contribution in [-0.2, 0) is 12.1 Å². The molecule has 1 amide bonds. The Morgan fingerprint density at radius 2 is 1.65 bits per heavy atom. The second-order valence-electron chi connectivity index (χ2n) is 8.46. The third kappa shape index (κ3) is 5.87. The number of benzene rings is 2. The minimum Gasteiger partial charge on any atom is -0.471 e. The molecule has 1 heterocycles. The first-order chi connectivity index (χ1) is 14.8. The molecule has 3 rings (SSSR count). The van der Waals surface area contributed by atoms with Gasteiger partial charge in [-0.3, -0.25) is 4.79 Å². The van der Waals surface area contributed by atoms with E-state index in [1.165, 1.54) is 5.56 Å². The molecule has 0 saturated carbocycles. The summed E-state index contributed by atoms with van der Waals surface area (Å²) in [6.45, 7) is 12.9. The van der Waals surface area contributed by atoms with Crippen molar-refractivity contribution in [2.45, 2.75) is 46.8 Å². The van der Waals surface area contributed by atoms with Gasteiger partial charge in [0.2, 0.25) is 0 Å². The van der Waals surface area contributed by atoms with E-state index in [0.29, 0.717) is 5.69 Å². The molecule has 0 aliphatic carbocycles. The van der Waals surface area contributed by atoms with Gasteiger partial charge in [-0.05, 0) is 67.3 Å². The lowest BCUT2D eigenvalue weighted by Crippen LogP contribution is -2.21. The molecule has 31 heavy (non-hydrogen) atoms. The number of aromatic nitrogens is 2. The Kier molecular flexibility index (Phi) is 7.00. The fourth-order valence-corrected chi connectivity index (χ4v) is 3.29. The molecule has 0 radical (unpaired) electrons. The van der Waals surface area contributed by atoms with E-state index in [1.54, 1.807) is 16.9 Å². The highest BCUT2D eigenvalue weighted by Gasteiger charge is 2.13. The van der Waals surface area contributed by atoms with Crippen molar-refractivity contribution in [3.05, 3.63) is 72.1 Å². The number of anilines is 2. The largest absolute Gasteiger partial charge is 0.471 e. The van der Waals surface area contributed by atoms with Gasteiger partial charge in [-0.15, -0.1) is 0 Å². The fraction of sp³-hybridized carbons (Fsp3) is 0.360. The molecule has 6 heteroatoms. The molecular formula is C25H32N4O2. The molecule has 0 fully saturated rings. The second-order valence-corrected chi connectivity index (χ2v) is 8.46. The van der Waals surface area contributed by atoms with Gasteiger partial charge in [0.25, 0.3) is 5.91 Å². The van der Waals surface area contributed by atoms with Crippen LogP contribution in [0.4, 0.5) is 11.4 Å². The highest BCUT2D eigenvalue weighted by Crippen LogP contribution is 2.24. The molecule has 0 spiro atoms. The van der Waals surface area contributed by atoms with E-state index in [-0.39, 0.29) is 18.1 Å². The van der Waals surface area contributed by atoms with Crippen LogP contribution in [0.15, 0.2) is 60.8 Å². The van der Waals surface area contributed by atoms with E-state index >= 15 is 0 Å². The molecule has 0 bridgehead atoms. The molecule has 6 nitrogen and oxygen atoms in total. The van der Waals surface area contributed by atoms with Gasteiger partial charge in [-0.1, -0.05) is 32.9 Å². The Bertz CT molecular complexity index is 982. The number of carbonyl (C=O) groups excluding carboxylic acids is 1. The van der Waals surface area contributed by atoms with Gasteiger partial charge in [0.15, 0.2) is 12.4 Å². The molecule has 0 aliphatic rings. The molecule has 3 aromatic rings. The number of carbonyl (C=O) groups is 1. The van der Waals surface area contributed by atoms with Gasteiger partial charge in [-0.2, -0.15) is 5.10 Å². The number of ether oxygens (including phenoxy) is 1. The SMILES string of the molecule is CCN(CC)c1ccc(NC(=O)c2ccn(COc3ccc(C(C)(C)C)cc3)n2)cc1. The van der Waals surface area contributed by atoms with E-state index in [4.69, 9.17) is 4.74 Å². The lowest BCUT2D eigenvalue weighted by Gasteiger charge is -2.21. The van der Waals surface area contributed by atoms with Crippen molar-refractivity contribution in [3.63, 3.8) is 0 Å². The van der Waals surface area contributed by atoms with Crippen LogP contribution in [0, 0.1) is 0 Å². The Balaban J connectivity index is 1.56. The lowest BCUT2D eigenvalue weighted by molar-refractivity contribution is 0.102. The smallest absolute Gasteiger partial charge is 0.276 e. The van der Waals surface area contributed by atoms with E-state index in [9.17, 15) is 4.79 Å². The molecule has 164 valence electrons. The predicted molar refractivity (Wildman–Crippen MR) is 126 cm³/mol. The van der Waals surface area contributed by atoms with Crippen LogP contribution < -0.4 is 15.0 Å². The Hall–Kier alpha value is -3.28. The average Bonchev–Trinajstić information content (AvgIpc) is 3.23. The first-order valence-corrected chi connectivity index (χ1v) is 10.7. The summed E-state index contributed by atoms with van der Waals surface area (Å²) >= 11 is 0. The molecule has 0 unspecified atom stereocenters. The number of hydrogen-bond acceptors (Lipinski definition) is 4. The maximum Gasteiger partial charge on any atom is 0.276 e. The average molecular weight is 421 g/mol. The van der Waals surface area contributed by atoms with Gasteiger partial charge in [0.1, 0.15) is 5.75 Å². The quantitative estimate of drug-likeness (QED) is 0.536. The summed E-state index contributed by atoms with van der Waals surface area (Å²) < 4.78 is 7.40. The van der Waals surface area contributed by atoms with Crippen LogP contribution in [0.5, 0.6) is 5.75 Å². The number of hydrogen-bond donors (Lipinski definition) is 1. The zero-order valence-corrected chi connectivity index (χ0v) is 19.1. The zero-order valence-electron chi connectivity index (χ0n) is 19.1. The molecule has 0 saturated heterocycles. The Morgan fingerprint density at radius 1 is 1.00 bits per heavy atom. The topological polar surface area (TPSA) is 59.4 Å². The standard InChI is InChI=1S/C25H32N4O2/c1-6-28(7-2)21-12-10-20(11-13-21)26-24(30)23-16-17-29(27-23)18-31-22-14-8-19(9-15-22)25(3,4)5/h8-17H,6-7,18H2,1-5H3,(H,26,30). The summed E-state index contributed by atoms with van der Waals surface area (Å²) in [6, 6.07) is 17.6. The van der Waals surface area contributed by atoms with E-state index < -0.39 is 0 Å². The number of nitrogens with one attached hydrogen (secondary N) is 1. The maximum atomic E-state index is 12.5. The van der Waals surface area contributed by atoms with Gasteiger partial charge < -0.3 is 15.0 Å². The zero-order chi connectivity index (χ0) is 22.4. The summed E-state index contributed by atoms with van der Waals surface area (Å²) in [5.41, 5.74) is 3.59. The van der Waals surface area contributed by atoms with Crippen LogP contribution in [0.3, 0.4) is 0 Å². The summed E-state index contributed by atoms with van der Waals surface area (Å²) in [5.74, 6) is 0.520. The first kappa shape index (κ1) is 22.4. The van der Waals surface area contributed by atoms with Crippen LogP contribution in [0.25, 0.3) is 0 Å². The van der Waals surface area contributed by atoms with E-state index in [2.05, 4.69) is 62.1 Å². The van der Waals surface area contributed by atoms with Crippen LogP contribution in [-0.4, -0.2) is 28.8 Å². The van der Waals surface area contributed by atoms with Crippen LogP contribution in [0.1, 0.15) is 50.7 Å². The molecule has 0 aliphatic heterocycles. The number of amides is 1.